The van der Waals surface area contributed by atoms with E-state index in [0.717, 1.165) is 11.3 Å². The predicted octanol–water partition coefficient (Wildman–Crippen LogP) is 4.85. The summed E-state index contributed by atoms with van der Waals surface area (Å²) in [5.74, 6) is 0.460. The second kappa shape index (κ2) is 7.48. The normalized spacial score (nSPS) is 24.6. The van der Waals surface area contributed by atoms with Crippen molar-refractivity contribution in [2.45, 2.75) is 65.0 Å². The third-order valence-corrected chi connectivity index (χ3v) is 5.69. The smallest absolute Gasteiger partial charge is 0.324 e. The predicted molar refractivity (Wildman–Crippen MR) is 114 cm³/mol. The zero-order valence-electron chi connectivity index (χ0n) is 18.1. The molecule has 156 valence electrons. The highest BCUT2D eigenvalue weighted by Gasteiger charge is 2.58. The zero-order valence-corrected chi connectivity index (χ0v) is 19.1. The van der Waals surface area contributed by atoms with Gasteiger partial charge in [-0.1, -0.05) is 30.3 Å². The van der Waals surface area contributed by atoms with Gasteiger partial charge in [-0.3, -0.25) is 9.59 Å². The van der Waals surface area contributed by atoms with Crippen molar-refractivity contribution in [3.63, 3.8) is 0 Å². The Hall–Kier alpha value is -2.34. The molecule has 2 atom stereocenters. The molecule has 1 heterocycles. The Morgan fingerprint density at radius 1 is 1.17 bits per heavy atom. The van der Waals surface area contributed by atoms with Gasteiger partial charge in [0.1, 0.15) is 17.5 Å². The standard InChI is InChI=1S/C23H30O5Si/c1-22(2,3)27-21(25)23-13-12-17(28-29(4,5)6)14-20(23)26-18(15-19(23)24)16-10-8-7-9-11-16/h7-12,15,20H,13-14H2,1-6H3/t20-,23+/m0/s1. The lowest BCUT2D eigenvalue weighted by Gasteiger charge is -2.43. The van der Waals surface area contributed by atoms with Crippen LogP contribution in [0.2, 0.25) is 19.6 Å². The molecule has 29 heavy (non-hydrogen) atoms. The average Bonchev–Trinajstić information content (AvgIpc) is 2.59. The summed E-state index contributed by atoms with van der Waals surface area (Å²) in [5.41, 5.74) is -1.27. The largest absolute Gasteiger partial charge is 0.547 e. The number of hydrogen-bond acceptors (Lipinski definition) is 5. The summed E-state index contributed by atoms with van der Waals surface area (Å²) < 4.78 is 18.1. The molecule has 1 aliphatic heterocycles. The first-order valence-corrected chi connectivity index (χ1v) is 13.4. The van der Waals surface area contributed by atoms with E-state index in [-0.39, 0.29) is 12.2 Å². The van der Waals surface area contributed by atoms with E-state index < -0.39 is 31.4 Å². The lowest BCUT2D eigenvalue weighted by Crippen LogP contribution is -2.55. The maximum Gasteiger partial charge on any atom is 0.324 e. The lowest BCUT2D eigenvalue weighted by molar-refractivity contribution is -0.178. The fourth-order valence-corrected chi connectivity index (χ4v) is 4.55. The number of allylic oxidation sites excluding steroid dienone is 2. The van der Waals surface area contributed by atoms with Crippen molar-refractivity contribution in [1.29, 1.82) is 0 Å². The Morgan fingerprint density at radius 2 is 1.83 bits per heavy atom. The molecule has 0 amide bonds. The molecule has 0 bridgehead atoms. The molecular formula is C23H30O5Si. The topological polar surface area (TPSA) is 61.8 Å². The number of ether oxygens (including phenoxy) is 2. The number of esters is 1. The van der Waals surface area contributed by atoms with Crippen LogP contribution in [0.4, 0.5) is 0 Å². The zero-order chi connectivity index (χ0) is 21.4. The minimum absolute atomic E-state index is 0.212. The van der Waals surface area contributed by atoms with Crippen LogP contribution < -0.4 is 0 Å². The first kappa shape index (κ1) is 21.4. The molecule has 0 saturated carbocycles. The fourth-order valence-electron chi connectivity index (χ4n) is 3.60. The summed E-state index contributed by atoms with van der Waals surface area (Å²) in [7, 11) is -1.83. The number of benzene rings is 1. The Morgan fingerprint density at radius 3 is 2.41 bits per heavy atom. The van der Waals surface area contributed by atoms with E-state index in [1.54, 1.807) is 20.8 Å². The van der Waals surface area contributed by atoms with Crippen LogP contribution in [0.25, 0.3) is 5.76 Å². The molecule has 0 radical (unpaired) electrons. The number of carbonyl (C=O) groups is 2. The number of fused-ring (bicyclic) bond motifs is 1. The van der Waals surface area contributed by atoms with Crippen molar-refractivity contribution >= 4 is 25.8 Å². The van der Waals surface area contributed by atoms with E-state index in [9.17, 15) is 9.59 Å². The summed E-state index contributed by atoms with van der Waals surface area (Å²) in [6.45, 7) is 11.7. The molecule has 0 aromatic heterocycles. The highest BCUT2D eigenvalue weighted by molar-refractivity contribution is 6.70. The molecule has 0 unspecified atom stereocenters. The van der Waals surface area contributed by atoms with Crippen LogP contribution in [0.1, 0.15) is 39.2 Å². The van der Waals surface area contributed by atoms with Crippen molar-refractivity contribution < 1.29 is 23.5 Å². The summed E-state index contributed by atoms with van der Waals surface area (Å²) in [6, 6.07) is 9.46. The lowest BCUT2D eigenvalue weighted by atomic mass is 9.69. The molecule has 0 spiro atoms. The molecule has 1 aromatic carbocycles. The molecule has 0 fully saturated rings. The second-order valence-corrected chi connectivity index (χ2v) is 14.0. The van der Waals surface area contributed by atoms with Crippen LogP contribution in [0, 0.1) is 5.41 Å². The first-order chi connectivity index (χ1) is 13.4. The second-order valence-electron chi connectivity index (χ2n) is 9.61. The number of rotatable bonds is 4. The quantitative estimate of drug-likeness (QED) is 0.400. The van der Waals surface area contributed by atoms with Crippen molar-refractivity contribution in [3.05, 3.63) is 53.8 Å². The van der Waals surface area contributed by atoms with E-state index in [1.165, 1.54) is 6.08 Å². The van der Waals surface area contributed by atoms with E-state index in [1.807, 2.05) is 36.4 Å². The minimum atomic E-state index is -1.83. The van der Waals surface area contributed by atoms with Gasteiger partial charge in [0.05, 0.1) is 5.76 Å². The highest BCUT2D eigenvalue weighted by atomic mass is 28.4. The molecule has 6 heteroatoms. The Kier molecular flexibility index (Phi) is 5.51. The molecule has 2 aliphatic rings. The van der Waals surface area contributed by atoms with Gasteiger partial charge in [0.15, 0.2) is 11.2 Å². The van der Waals surface area contributed by atoms with Gasteiger partial charge in [0, 0.05) is 18.1 Å². The maximum atomic E-state index is 13.3. The SMILES string of the molecule is CC(C)(C)OC(=O)[C@@]12CC=C(O[Si](C)(C)C)C[C@@H]1OC(c1ccccc1)=CC2=O. The van der Waals surface area contributed by atoms with Crippen molar-refractivity contribution in [3.8, 4) is 0 Å². The Labute approximate surface area is 173 Å². The Balaban J connectivity index is 2.00. The van der Waals surface area contributed by atoms with E-state index in [0.29, 0.717) is 12.2 Å². The van der Waals surface area contributed by atoms with Crippen molar-refractivity contribution in [2.75, 3.05) is 0 Å². The summed E-state index contributed by atoms with van der Waals surface area (Å²) in [4.78, 5) is 26.5. The van der Waals surface area contributed by atoms with Gasteiger partial charge in [-0.05, 0) is 52.9 Å². The van der Waals surface area contributed by atoms with Crippen LogP contribution in [0.5, 0.6) is 0 Å². The Bertz CT molecular complexity index is 857. The molecule has 3 rings (SSSR count). The van der Waals surface area contributed by atoms with Crippen LogP contribution >= 0.6 is 0 Å². The van der Waals surface area contributed by atoms with Gasteiger partial charge in [-0.2, -0.15) is 0 Å². The van der Waals surface area contributed by atoms with Crippen molar-refractivity contribution in [1.82, 2.24) is 0 Å². The average molecular weight is 415 g/mol. The molecule has 0 N–H and O–H groups in total. The van der Waals surface area contributed by atoms with Crippen LogP contribution in [0.3, 0.4) is 0 Å². The van der Waals surface area contributed by atoms with E-state index >= 15 is 0 Å². The third kappa shape index (κ3) is 4.64. The monoisotopic (exact) mass is 414 g/mol. The van der Waals surface area contributed by atoms with Gasteiger partial charge >= 0.3 is 5.97 Å². The first-order valence-electron chi connectivity index (χ1n) is 10.0. The summed E-state index contributed by atoms with van der Waals surface area (Å²) in [6.07, 6.45) is 3.21. The summed E-state index contributed by atoms with van der Waals surface area (Å²) >= 11 is 0. The molecule has 1 aromatic rings. The number of ketones is 1. The van der Waals surface area contributed by atoms with Crippen LogP contribution in [-0.2, 0) is 23.5 Å². The van der Waals surface area contributed by atoms with Gasteiger partial charge in [0.2, 0.25) is 8.32 Å². The van der Waals surface area contributed by atoms with Crippen LogP contribution in [0.15, 0.2) is 48.2 Å². The van der Waals surface area contributed by atoms with Crippen LogP contribution in [-0.4, -0.2) is 31.8 Å². The maximum absolute atomic E-state index is 13.3. The molecular weight excluding hydrogens is 384 g/mol. The number of hydrogen-bond donors (Lipinski definition) is 0. The minimum Gasteiger partial charge on any atom is -0.547 e. The third-order valence-electron chi connectivity index (χ3n) is 4.82. The molecule has 5 nitrogen and oxygen atoms in total. The number of carbonyl (C=O) groups excluding carboxylic acids is 2. The fraction of sp³-hybridized carbons (Fsp3) is 0.478. The van der Waals surface area contributed by atoms with Gasteiger partial charge in [-0.25, -0.2) is 0 Å². The van der Waals surface area contributed by atoms with Gasteiger partial charge < -0.3 is 13.9 Å². The van der Waals surface area contributed by atoms with E-state index in [2.05, 4.69) is 19.6 Å². The van der Waals surface area contributed by atoms with Crippen molar-refractivity contribution in [2.24, 2.45) is 5.41 Å². The van der Waals surface area contributed by atoms with Gasteiger partial charge in [-0.15, -0.1) is 0 Å². The summed E-state index contributed by atoms with van der Waals surface area (Å²) in [5, 5.41) is 0. The van der Waals surface area contributed by atoms with Gasteiger partial charge in [0.25, 0.3) is 0 Å². The molecule has 1 aliphatic carbocycles. The molecule has 0 saturated heterocycles. The highest BCUT2D eigenvalue weighted by Crippen LogP contribution is 2.46. The van der Waals surface area contributed by atoms with E-state index in [4.69, 9.17) is 13.9 Å².